The van der Waals surface area contributed by atoms with E-state index in [2.05, 4.69) is 31.9 Å². The largest absolute Gasteiger partial charge is 0.310 e. The average molecular weight is 425 g/mol. The molecule has 0 saturated carbocycles. The van der Waals surface area contributed by atoms with Gasteiger partial charge in [-0.3, -0.25) is 10.1 Å². The summed E-state index contributed by atoms with van der Waals surface area (Å²) in [5, 5.41) is 11.2. The molecule has 5 nitrogen and oxygen atoms in total. The summed E-state index contributed by atoms with van der Waals surface area (Å²) in [4.78, 5) is 10.0. The molecule has 1 aromatic carbocycles. The van der Waals surface area contributed by atoms with E-state index in [9.17, 15) is 18.5 Å². The van der Waals surface area contributed by atoms with Crippen LogP contribution < -0.4 is 0 Å². The zero-order chi connectivity index (χ0) is 15.1. The minimum atomic E-state index is -3.69. The van der Waals surface area contributed by atoms with Crippen LogP contribution in [-0.2, 0) is 9.84 Å². The van der Waals surface area contributed by atoms with Crippen LogP contribution in [0.2, 0.25) is 0 Å². The van der Waals surface area contributed by atoms with Crippen LogP contribution in [0.4, 0.5) is 0 Å². The molecule has 0 aliphatic carbocycles. The Morgan fingerprint density at radius 3 is 2.35 bits per heavy atom. The molecule has 2 atom stereocenters. The molecular formula is C12H11Br2NO4S. The fourth-order valence-corrected chi connectivity index (χ4v) is 6.99. The lowest BCUT2D eigenvalue weighted by Crippen LogP contribution is -2.34. The van der Waals surface area contributed by atoms with E-state index in [4.69, 9.17) is 0 Å². The van der Waals surface area contributed by atoms with Crippen molar-refractivity contribution in [2.75, 3.05) is 5.75 Å². The third-order valence-electron chi connectivity index (χ3n) is 3.27. The number of benzene rings is 1. The van der Waals surface area contributed by atoms with E-state index < -0.39 is 29.8 Å². The monoisotopic (exact) mass is 423 g/mol. The Morgan fingerprint density at radius 1 is 1.35 bits per heavy atom. The van der Waals surface area contributed by atoms with Gasteiger partial charge in [0.05, 0.1) is 9.73 Å². The summed E-state index contributed by atoms with van der Waals surface area (Å²) in [5.41, 5.74) is 0.957. The van der Waals surface area contributed by atoms with Crippen molar-refractivity contribution >= 4 is 41.7 Å². The zero-order valence-electron chi connectivity index (χ0n) is 10.4. The lowest BCUT2D eigenvalue weighted by molar-refractivity contribution is -0.518. The van der Waals surface area contributed by atoms with Gasteiger partial charge in [-0.15, -0.1) is 0 Å². The summed E-state index contributed by atoms with van der Waals surface area (Å²) >= 11 is 6.32. The van der Waals surface area contributed by atoms with Crippen molar-refractivity contribution in [3.8, 4) is 0 Å². The summed E-state index contributed by atoms with van der Waals surface area (Å²) in [5.74, 6) is -0.566. The molecule has 20 heavy (non-hydrogen) atoms. The van der Waals surface area contributed by atoms with E-state index in [-0.39, 0.29) is 10.5 Å². The maximum absolute atomic E-state index is 12.3. The molecule has 1 heterocycles. The number of allylic oxidation sites excluding steroid dienone is 1. The second-order valence-electron chi connectivity index (χ2n) is 4.54. The van der Waals surface area contributed by atoms with E-state index >= 15 is 0 Å². The number of hydrogen-bond donors (Lipinski definition) is 0. The van der Waals surface area contributed by atoms with Crippen LogP contribution in [0.3, 0.4) is 0 Å². The summed E-state index contributed by atoms with van der Waals surface area (Å²) < 4.78 is 22.8. The molecule has 0 saturated heterocycles. The van der Waals surface area contributed by atoms with Crippen molar-refractivity contribution in [1.82, 2.24) is 0 Å². The highest BCUT2D eigenvalue weighted by Gasteiger charge is 2.56. The molecule has 1 aliphatic rings. The molecule has 1 aromatic rings. The first-order valence-corrected chi connectivity index (χ1v) is 9.02. The number of nitrogens with zero attached hydrogens (tertiary/aromatic N) is 1. The molecule has 0 aromatic heterocycles. The minimum Gasteiger partial charge on any atom is -0.263 e. The summed E-state index contributed by atoms with van der Waals surface area (Å²) in [6, 6.07) is 8.94. The minimum absolute atomic E-state index is 0.0669. The molecular weight excluding hydrogens is 414 g/mol. The summed E-state index contributed by atoms with van der Waals surface area (Å²) in [6.45, 7) is 1.48. The lowest BCUT2D eigenvalue weighted by Gasteiger charge is -2.13. The van der Waals surface area contributed by atoms with Gasteiger partial charge in [-0.25, -0.2) is 8.42 Å². The number of rotatable bonds is 3. The van der Waals surface area contributed by atoms with Crippen molar-refractivity contribution in [2.24, 2.45) is 0 Å². The first-order chi connectivity index (χ1) is 9.20. The lowest BCUT2D eigenvalue weighted by atomic mass is 10.1. The number of halogens is 2. The number of alkyl halides is 2. The first-order valence-electron chi connectivity index (χ1n) is 5.66. The van der Waals surface area contributed by atoms with Gasteiger partial charge in [0, 0.05) is 26.4 Å². The maximum atomic E-state index is 12.3. The van der Waals surface area contributed by atoms with Gasteiger partial charge in [0.15, 0.2) is 9.84 Å². The molecule has 0 radical (unpaired) electrons. The second kappa shape index (κ2) is 5.23. The van der Waals surface area contributed by atoms with Crippen molar-refractivity contribution < 1.29 is 13.3 Å². The average Bonchev–Trinajstić information content (AvgIpc) is 2.57. The number of sulfone groups is 1. The highest BCUT2D eigenvalue weighted by Crippen LogP contribution is 2.48. The van der Waals surface area contributed by atoms with E-state index in [1.54, 1.807) is 24.3 Å². The van der Waals surface area contributed by atoms with Crippen molar-refractivity contribution in [2.45, 2.75) is 16.2 Å². The Labute approximate surface area is 133 Å². The Bertz CT molecular complexity index is 687. The molecule has 2 rings (SSSR count). The van der Waals surface area contributed by atoms with E-state index in [1.165, 1.54) is 6.92 Å². The van der Waals surface area contributed by atoms with E-state index in [1.807, 2.05) is 6.07 Å². The third-order valence-corrected chi connectivity index (χ3v) is 8.11. The predicted octanol–water partition coefficient (Wildman–Crippen LogP) is 3.19. The van der Waals surface area contributed by atoms with Crippen LogP contribution in [0.5, 0.6) is 0 Å². The van der Waals surface area contributed by atoms with Gasteiger partial charge >= 0.3 is 4.45 Å². The first kappa shape index (κ1) is 15.7. The molecule has 1 aliphatic heterocycles. The number of hydrogen-bond acceptors (Lipinski definition) is 4. The molecule has 0 bridgehead atoms. The van der Waals surface area contributed by atoms with Gasteiger partial charge in [-0.2, -0.15) is 0 Å². The smallest absolute Gasteiger partial charge is 0.263 e. The standard InChI is InChI=1S/C12H11Br2NO4S/c1-8-11(10(13)9-5-3-2-4-6-9)20(18,19)7-12(8,14)15(16)17/h2-6,10H,7H2,1H3/t10-,12-/m1/s1. The molecule has 0 amide bonds. The van der Waals surface area contributed by atoms with Gasteiger partial charge in [0.2, 0.25) is 0 Å². The summed E-state index contributed by atoms with van der Waals surface area (Å²) in [7, 11) is -3.69. The SMILES string of the molecule is CC1=C([C@H](Br)c2ccccc2)S(=O)(=O)C[C@@]1(Br)[N+](=O)[O-]. The van der Waals surface area contributed by atoms with Crippen molar-refractivity contribution in [3.63, 3.8) is 0 Å². The molecule has 0 fully saturated rings. The molecule has 0 unspecified atom stereocenters. The van der Waals surface area contributed by atoms with Crippen LogP contribution in [0, 0.1) is 10.1 Å². The van der Waals surface area contributed by atoms with Gasteiger partial charge < -0.3 is 0 Å². The Kier molecular flexibility index (Phi) is 4.10. The summed E-state index contributed by atoms with van der Waals surface area (Å²) in [6.07, 6.45) is 0. The molecule has 8 heteroatoms. The molecule has 0 spiro atoms. The van der Waals surface area contributed by atoms with Gasteiger partial charge in [0.1, 0.15) is 5.75 Å². The van der Waals surface area contributed by atoms with Crippen molar-refractivity contribution in [1.29, 1.82) is 0 Å². The van der Waals surface area contributed by atoms with Crippen molar-refractivity contribution in [3.05, 3.63) is 56.5 Å². The highest BCUT2D eigenvalue weighted by molar-refractivity contribution is 9.10. The predicted molar refractivity (Wildman–Crippen MR) is 83.2 cm³/mol. The third kappa shape index (κ3) is 2.44. The van der Waals surface area contributed by atoms with E-state index in [0.717, 1.165) is 5.56 Å². The quantitative estimate of drug-likeness (QED) is 0.323. The Hall–Kier alpha value is -0.730. The van der Waals surface area contributed by atoms with Gasteiger partial charge in [-0.05, 0) is 12.5 Å². The van der Waals surface area contributed by atoms with Gasteiger partial charge in [-0.1, -0.05) is 46.3 Å². The zero-order valence-corrected chi connectivity index (χ0v) is 14.4. The Balaban J connectivity index is 2.59. The maximum Gasteiger partial charge on any atom is 0.310 e. The van der Waals surface area contributed by atoms with Crippen LogP contribution in [0.1, 0.15) is 17.3 Å². The normalized spacial score (nSPS) is 26.6. The van der Waals surface area contributed by atoms with E-state index in [0.29, 0.717) is 0 Å². The van der Waals surface area contributed by atoms with Crippen LogP contribution in [0.25, 0.3) is 0 Å². The molecule has 0 N–H and O–H groups in total. The fourth-order valence-electron chi connectivity index (χ4n) is 2.17. The van der Waals surface area contributed by atoms with Crippen LogP contribution in [0.15, 0.2) is 40.8 Å². The van der Waals surface area contributed by atoms with Gasteiger partial charge in [0.25, 0.3) is 0 Å². The topological polar surface area (TPSA) is 77.3 Å². The molecule has 108 valence electrons. The Morgan fingerprint density at radius 2 is 1.90 bits per heavy atom. The fraction of sp³-hybridized carbons (Fsp3) is 0.333. The number of nitro groups is 1. The second-order valence-corrected chi connectivity index (χ2v) is 8.72. The van der Waals surface area contributed by atoms with Crippen LogP contribution in [-0.4, -0.2) is 23.5 Å². The highest BCUT2D eigenvalue weighted by atomic mass is 79.9. The van der Waals surface area contributed by atoms with Crippen LogP contribution >= 0.6 is 31.9 Å².